The summed E-state index contributed by atoms with van der Waals surface area (Å²) in [7, 11) is 2.89. The average Bonchev–Trinajstić information content (AvgIpc) is 2.56. The summed E-state index contributed by atoms with van der Waals surface area (Å²) in [6.45, 7) is 0. The molecule has 1 aromatic heterocycles. The van der Waals surface area contributed by atoms with Crippen molar-refractivity contribution in [1.29, 1.82) is 0 Å². The van der Waals surface area contributed by atoms with Crippen molar-refractivity contribution in [2.75, 3.05) is 14.2 Å². The minimum atomic E-state index is -1.93. The van der Waals surface area contributed by atoms with Gasteiger partial charge >= 0.3 is 5.97 Å². The first-order valence-electron chi connectivity index (χ1n) is 6.69. The lowest BCUT2D eigenvalue weighted by Crippen LogP contribution is -2.47. The van der Waals surface area contributed by atoms with Crippen LogP contribution < -0.4 is 5.32 Å². The Labute approximate surface area is 133 Å². The van der Waals surface area contributed by atoms with Crippen molar-refractivity contribution in [3.05, 3.63) is 64.9 Å². The molecule has 0 aliphatic heterocycles. The van der Waals surface area contributed by atoms with E-state index in [2.05, 4.69) is 10.3 Å². The van der Waals surface area contributed by atoms with Gasteiger partial charge < -0.3 is 15.2 Å². The number of likely N-dealkylation sites (N-methyl/N-ethyl adjacent to an activating group) is 1. The van der Waals surface area contributed by atoms with E-state index in [0.29, 0.717) is 5.56 Å². The molecule has 0 amide bonds. The molecule has 0 saturated carbocycles. The number of hydrogen-bond donors (Lipinski definition) is 2. The molecule has 0 aliphatic rings. The van der Waals surface area contributed by atoms with Crippen LogP contribution in [0.2, 0.25) is 5.15 Å². The third-order valence-corrected chi connectivity index (χ3v) is 3.73. The van der Waals surface area contributed by atoms with Crippen molar-refractivity contribution < 1.29 is 14.6 Å². The topological polar surface area (TPSA) is 71.5 Å². The SMILES string of the molecule is CNC(c1ccccc1)C(O)(C(=O)OC)c1ccc(Cl)nc1. The van der Waals surface area contributed by atoms with Gasteiger partial charge in [0.05, 0.1) is 13.2 Å². The van der Waals surface area contributed by atoms with Gasteiger partial charge in [0.15, 0.2) is 0 Å². The van der Waals surface area contributed by atoms with Gasteiger partial charge in [-0.25, -0.2) is 9.78 Å². The van der Waals surface area contributed by atoms with Crippen LogP contribution >= 0.6 is 11.6 Å². The highest BCUT2D eigenvalue weighted by Crippen LogP contribution is 2.36. The number of nitrogens with one attached hydrogen (secondary N) is 1. The Bertz CT molecular complexity index is 634. The molecule has 2 rings (SSSR count). The summed E-state index contributed by atoms with van der Waals surface area (Å²) in [5.74, 6) is -0.778. The van der Waals surface area contributed by atoms with Crippen LogP contribution in [-0.2, 0) is 15.1 Å². The molecule has 0 radical (unpaired) electrons. The van der Waals surface area contributed by atoms with Gasteiger partial charge in [0.1, 0.15) is 5.15 Å². The number of rotatable bonds is 5. The Morgan fingerprint density at radius 1 is 1.32 bits per heavy atom. The average molecular weight is 321 g/mol. The molecule has 5 nitrogen and oxygen atoms in total. The zero-order valence-electron chi connectivity index (χ0n) is 12.3. The zero-order valence-corrected chi connectivity index (χ0v) is 13.0. The van der Waals surface area contributed by atoms with E-state index in [-0.39, 0.29) is 5.15 Å². The maximum Gasteiger partial charge on any atom is 0.344 e. The number of carbonyl (C=O) groups excluding carboxylic acids is 1. The van der Waals surface area contributed by atoms with Crippen LogP contribution in [0.3, 0.4) is 0 Å². The molecular weight excluding hydrogens is 304 g/mol. The van der Waals surface area contributed by atoms with Gasteiger partial charge in [-0.05, 0) is 18.7 Å². The molecule has 22 heavy (non-hydrogen) atoms. The second-order valence-electron chi connectivity index (χ2n) is 4.76. The van der Waals surface area contributed by atoms with Crippen molar-refractivity contribution in [1.82, 2.24) is 10.3 Å². The van der Waals surface area contributed by atoms with Crippen LogP contribution in [0.15, 0.2) is 48.7 Å². The molecule has 2 N–H and O–H groups in total. The predicted molar refractivity (Wildman–Crippen MR) is 83.4 cm³/mol. The van der Waals surface area contributed by atoms with E-state index < -0.39 is 17.6 Å². The normalized spacial score (nSPS) is 14.9. The zero-order chi connectivity index (χ0) is 16.2. The number of aromatic nitrogens is 1. The quantitative estimate of drug-likeness (QED) is 0.652. The fourth-order valence-corrected chi connectivity index (χ4v) is 2.53. The smallest absolute Gasteiger partial charge is 0.344 e. The molecule has 0 bridgehead atoms. The fraction of sp³-hybridized carbons (Fsp3) is 0.250. The summed E-state index contributed by atoms with van der Waals surface area (Å²) in [5.41, 5.74) is -0.887. The van der Waals surface area contributed by atoms with E-state index in [1.165, 1.54) is 19.4 Å². The van der Waals surface area contributed by atoms with E-state index in [1.807, 2.05) is 30.3 Å². The van der Waals surface area contributed by atoms with Crippen LogP contribution in [0.5, 0.6) is 0 Å². The van der Waals surface area contributed by atoms with Crippen molar-refractivity contribution >= 4 is 17.6 Å². The lowest BCUT2D eigenvalue weighted by atomic mass is 9.83. The van der Waals surface area contributed by atoms with Crippen LogP contribution in [0.1, 0.15) is 17.2 Å². The first kappa shape index (κ1) is 16.4. The van der Waals surface area contributed by atoms with Gasteiger partial charge in [-0.2, -0.15) is 0 Å². The van der Waals surface area contributed by atoms with E-state index in [4.69, 9.17) is 16.3 Å². The Kier molecular flexibility index (Phi) is 5.13. The van der Waals surface area contributed by atoms with Gasteiger partial charge in [-0.3, -0.25) is 0 Å². The summed E-state index contributed by atoms with van der Waals surface area (Å²) in [4.78, 5) is 16.3. The number of esters is 1. The molecule has 0 spiro atoms. The minimum Gasteiger partial charge on any atom is -0.467 e. The van der Waals surface area contributed by atoms with Gasteiger partial charge in [0.2, 0.25) is 5.60 Å². The third-order valence-electron chi connectivity index (χ3n) is 3.50. The molecule has 0 fully saturated rings. The van der Waals surface area contributed by atoms with Crippen LogP contribution in [0, 0.1) is 0 Å². The summed E-state index contributed by atoms with van der Waals surface area (Å²) >= 11 is 5.78. The van der Waals surface area contributed by atoms with Gasteiger partial charge in [0.25, 0.3) is 0 Å². The molecule has 116 valence electrons. The predicted octanol–water partition coefficient (Wildman–Crippen LogP) is 2.06. The fourth-order valence-electron chi connectivity index (χ4n) is 2.42. The number of methoxy groups -OCH3 is 1. The number of carbonyl (C=O) groups is 1. The van der Waals surface area contributed by atoms with Gasteiger partial charge in [0, 0.05) is 11.8 Å². The number of ether oxygens (including phenoxy) is 1. The maximum absolute atomic E-state index is 12.3. The molecule has 0 aliphatic carbocycles. The van der Waals surface area contributed by atoms with Crippen molar-refractivity contribution in [3.63, 3.8) is 0 Å². The Morgan fingerprint density at radius 2 is 2.00 bits per heavy atom. The number of pyridine rings is 1. The van der Waals surface area contributed by atoms with Gasteiger partial charge in [-0.1, -0.05) is 48.0 Å². The summed E-state index contributed by atoms with van der Waals surface area (Å²) in [6, 6.07) is 11.5. The molecule has 2 unspecified atom stereocenters. The maximum atomic E-state index is 12.3. The van der Waals surface area contributed by atoms with E-state index in [9.17, 15) is 9.90 Å². The largest absolute Gasteiger partial charge is 0.467 e. The highest BCUT2D eigenvalue weighted by molar-refractivity contribution is 6.29. The van der Waals surface area contributed by atoms with Crippen molar-refractivity contribution in [2.45, 2.75) is 11.6 Å². The third kappa shape index (κ3) is 2.97. The molecule has 2 atom stereocenters. The standard InChI is InChI=1S/C16H17ClN2O3/c1-18-14(11-6-4-3-5-7-11)16(21,15(20)22-2)12-8-9-13(17)19-10-12/h3-10,14,18,21H,1-2H3. The Morgan fingerprint density at radius 3 is 2.50 bits per heavy atom. The number of aliphatic hydroxyl groups is 1. The molecule has 1 aromatic carbocycles. The van der Waals surface area contributed by atoms with Crippen LogP contribution in [-0.4, -0.2) is 30.2 Å². The number of nitrogens with zero attached hydrogens (tertiary/aromatic N) is 1. The lowest BCUT2D eigenvalue weighted by molar-refractivity contribution is -0.167. The lowest BCUT2D eigenvalue weighted by Gasteiger charge is -2.34. The first-order valence-corrected chi connectivity index (χ1v) is 7.06. The molecular formula is C16H17ClN2O3. The van der Waals surface area contributed by atoms with E-state index >= 15 is 0 Å². The van der Waals surface area contributed by atoms with Crippen LogP contribution in [0.4, 0.5) is 0 Å². The summed E-state index contributed by atoms with van der Waals surface area (Å²) in [5, 5.41) is 14.4. The minimum absolute atomic E-state index is 0.275. The Balaban J connectivity index is 2.57. The second-order valence-corrected chi connectivity index (χ2v) is 5.15. The highest BCUT2D eigenvalue weighted by Gasteiger charge is 2.47. The van der Waals surface area contributed by atoms with Crippen molar-refractivity contribution in [3.8, 4) is 0 Å². The van der Waals surface area contributed by atoms with E-state index in [0.717, 1.165) is 5.56 Å². The number of benzene rings is 1. The number of hydrogen-bond acceptors (Lipinski definition) is 5. The first-order chi connectivity index (χ1) is 10.5. The van der Waals surface area contributed by atoms with Crippen molar-refractivity contribution in [2.24, 2.45) is 0 Å². The Hall–Kier alpha value is -1.95. The summed E-state index contributed by atoms with van der Waals surface area (Å²) < 4.78 is 4.81. The van der Waals surface area contributed by atoms with Crippen LogP contribution in [0.25, 0.3) is 0 Å². The van der Waals surface area contributed by atoms with E-state index in [1.54, 1.807) is 13.1 Å². The molecule has 0 saturated heterocycles. The second kappa shape index (κ2) is 6.87. The molecule has 2 aromatic rings. The highest BCUT2D eigenvalue weighted by atomic mass is 35.5. The van der Waals surface area contributed by atoms with Gasteiger partial charge in [-0.15, -0.1) is 0 Å². The monoisotopic (exact) mass is 320 g/mol. The summed E-state index contributed by atoms with van der Waals surface area (Å²) in [6.07, 6.45) is 1.37. The molecule has 6 heteroatoms. The molecule has 1 heterocycles. The number of halogens is 1.